The molecule has 0 fully saturated rings. The van der Waals surface area contributed by atoms with Gasteiger partial charge in [0, 0.05) is 12.3 Å². The molecule has 0 heterocycles. The number of ether oxygens (including phenoxy) is 2. The average molecular weight is 350 g/mol. The van der Waals surface area contributed by atoms with Gasteiger partial charge in [-0.05, 0) is 70.7 Å². The zero-order valence-corrected chi connectivity index (χ0v) is 17.0. The molecule has 1 aromatic rings. The molecule has 2 unspecified atom stereocenters. The predicted octanol–water partition coefficient (Wildman–Crippen LogP) is 5.40. The van der Waals surface area contributed by atoms with Crippen LogP contribution >= 0.6 is 0 Å². The summed E-state index contributed by atoms with van der Waals surface area (Å²) < 4.78 is 11.8. The standard InChI is InChI=1S/C21H35NO3/c1-8-11-12-21(7,24-10-3)20(23)22-18-13-15(4)19(16(5)14-18)25-17(6)9-2/h13-14,17H,8-12H2,1-7H3,(H,22,23). The minimum atomic E-state index is -0.793. The van der Waals surface area contributed by atoms with Gasteiger partial charge in [-0.2, -0.15) is 0 Å². The molecule has 1 aromatic carbocycles. The summed E-state index contributed by atoms with van der Waals surface area (Å²) in [4.78, 5) is 12.8. The molecule has 0 aliphatic heterocycles. The lowest BCUT2D eigenvalue weighted by molar-refractivity contribution is -0.139. The molecule has 0 saturated carbocycles. The molecule has 0 saturated heterocycles. The number of aryl methyl sites for hydroxylation is 2. The van der Waals surface area contributed by atoms with E-state index < -0.39 is 5.60 Å². The molecule has 142 valence electrons. The van der Waals surface area contributed by atoms with Gasteiger partial charge in [-0.25, -0.2) is 0 Å². The van der Waals surface area contributed by atoms with Gasteiger partial charge in [0.15, 0.2) is 0 Å². The van der Waals surface area contributed by atoms with E-state index in [1.54, 1.807) is 0 Å². The Balaban J connectivity index is 2.96. The predicted molar refractivity (Wildman–Crippen MR) is 104 cm³/mol. The highest BCUT2D eigenvalue weighted by Crippen LogP contribution is 2.29. The van der Waals surface area contributed by atoms with E-state index >= 15 is 0 Å². The first-order valence-corrected chi connectivity index (χ1v) is 9.50. The molecule has 1 amide bonds. The summed E-state index contributed by atoms with van der Waals surface area (Å²) in [5.74, 6) is 0.822. The first kappa shape index (κ1) is 21.5. The quantitative estimate of drug-likeness (QED) is 0.615. The van der Waals surface area contributed by atoms with Gasteiger partial charge in [0.2, 0.25) is 0 Å². The van der Waals surface area contributed by atoms with Gasteiger partial charge in [0.25, 0.3) is 5.91 Å². The third-order valence-electron chi connectivity index (χ3n) is 4.56. The largest absolute Gasteiger partial charge is 0.490 e. The molecule has 4 heteroatoms. The van der Waals surface area contributed by atoms with E-state index in [0.29, 0.717) is 6.61 Å². The number of carbonyl (C=O) groups excluding carboxylic acids is 1. The SMILES string of the molecule is CCCCC(C)(OCC)C(=O)Nc1cc(C)c(OC(C)CC)c(C)c1. The number of hydrogen-bond acceptors (Lipinski definition) is 3. The Morgan fingerprint density at radius 3 is 2.28 bits per heavy atom. The number of hydrogen-bond donors (Lipinski definition) is 1. The molecule has 2 atom stereocenters. The monoisotopic (exact) mass is 349 g/mol. The number of nitrogens with one attached hydrogen (secondary N) is 1. The minimum absolute atomic E-state index is 0.0859. The van der Waals surface area contributed by atoms with Gasteiger partial charge in [-0.3, -0.25) is 4.79 Å². The third kappa shape index (κ3) is 6.03. The lowest BCUT2D eigenvalue weighted by Crippen LogP contribution is -2.42. The number of benzene rings is 1. The van der Waals surface area contributed by atoms with Crippen molar-refractivity contribution in [2.24, 2.45) is 0 Å². The van der Waals surface area contributed by atoms with E-state index in [9.17, 15) is 4.79 Å². The smallest absolute Gasteiger partial charge is 0.256 e. The van der Waals surface area contributed by atoms with Crippen molar-refractivity contribution in [3.63, 3.8) is 0 Å². The van der Waals surface area contributed by atoms with Crippen molar-refractivity contribution in [2.75, 3.05) is 11.9 Å². The zero-order valence-electron chi connectivity index (χ0n) is 17.0. The molecule has 1 rings (SSSR count). The van der Waals surface area contributed by atoms with E-state index in [2.05, 4.69) is 26.1 Å². The van der Waals surface area contributed by atoms with E-state index in [-0.39, 0.29) is 12.0 Å². The Kier molecular flexibility index (Phi) is 8.43. The summed E-state index contributed by atoms with van der Waals surface area (Å²) in [7, 11) is 0. The van der Waals surface area contributed by atoms with Crippen molar-refractivity contribution < 1.29 is 14.3 Å². The Morgan fingerprint density at radius 2 is 1.80 bits per heavy atom. The molecule has 1 N–H and O–H groups in total. The summed E-state index contributed by atoms with van der Waals surface area (Å²) in [5.41, 5.74) is 2.06. The van der Waals surface area contributed by atoms with Crippen molar-refractivity contribution in [1.29, 1.82) is 0 Å². The molecular weight excluding hydrogens is 314 g/mol. The molecule has 0 bridgehead atoms. The molecule has 0 aliphatic rings. The van der Waals surface area contributed by atoms with Crippen LogP contribution in [0.1, 0.15) is 71.4 Å². The first-order chi connectivity index (χ1) is 11.8. The summed E-state index contributed by atoms with van der Waals surface area (Å²) in [5, 5.41) is 3.03. The minimum Gasteiger partial charge on any atom is -0.490 e. The number of carbonyl (C=O) groups is 1. The number of amides is 1. The van der Waals surface area contributed by atoms with Crippen LogP contribution in [0.4, 0.5) is 5.69 Å². The molecule has 25 heavy (non-hydrogen) atoms. The van der Waals surface area contributed by atoms with Gasteiger partial charge in [0.05, 0.1) is 6.10 Å². The normalized spacial score (nSPS) is 14.7. The number of unbranched alkanes of at least 4 members (excludes halogenated alkanes) is 1. The second kappa shape index (κ2) is 9.81. The van der Waals surface area contributed by atoms with Gasteiger partial charge in [-0.1, -0.05) is 26.7 Å². The summed E-state index contributed by atoms with van der Waals surface area (Å²) in [6.07, 6.45) is 3.85. The van der Waals surface area contributed by atoms with E-state index in [1.807, 2.05) is 39.8 Å². The Morgan fingerprint density at radius 1 is 1.20 bits per heavy atom. The van der Waals surface area contributed by atoms with E-state index in [4.69, 9.17) is 9.47 Å². The zero-order chi connectivity index (χ0) is 19.0. The summed E-state index contributed by atoms with van der Waals surface area (Å²) >= 11 is 0. The maximum Gasteiger partial charge on any atom is 0.256 e. The third-order valence-corrected chi connectivity index (χ3v) is 4.56. The van der Waals surface area contributed by atoms with Crippen molar-refractivity contribution >= 4 is 11.6 Å². The number of anilines is 1. The molecule has 0 spiro atoms. The first-order valence-electron chi connectivity index (χ1n) is 9.50. The maximum absolute atomic E-state index is 12.8. The van der Waals surface area contributed by atoms with Gasteiger partial charge >= 0.3 is 0 Å². The Hall–Kier alpha value is -1.55. The second-order valence-corrected chi connectivity index (χ2v) is 7.00. The highest BCUT2D eigenvalue weighted by atomic mass is 16.5. The fourth-order valence-corrected chi connectivity index (χ4v) is 2.84. The number of rotatable bonds is 10. The fourth-order valence-electron chi connectivity index (χ4n) is 2.84. The van der Waals surface area contributed by atoms with Crippen LogP contribution < -0.4 is 10.1 Å². The summed E-state index contributed by atoms with van der Waals surface area (Å²) in [6.45, 7) is 14.6. The second-order valence-electron chi connectivity index (χ2n) is 7.00. The van der Waals surface area contributed by atoms with Crippen LogP contribution in [0, 0.1) is 13.8 Å². The van der Waals surface area contributed by atoms with Gasteiger partial charge in [0.1, 0.15) is 11.4 Å². The highest BCUT2D eigenvalue weighted by Gasteiger charge is 2.33. The summed E-state index contributed by atoms with van der Waals surface area (Å²) in [6, 6.07) is 3.93. The molecule has 0 radical (unpaired) electrons. The van der Waals surface area contributed by atoms with E-state index in [0.717, 1.165) is 48.2 Å². The van der Waals surface area contributed by atoms with Crippen LogP contribution in [0.15, 0.2) is 12.1 Å². The highest BCUT2D eigenvalue weighted by molar-refractivity contribution is 5.97. The lowest BCUT2D eigenvalue weighted by atomic mass is 9.97. The maximum atomic E-state index is 12.8. The molecular formula is C21H35NO3. The topological polar surface area (TPSA) is 47.6 Å². The molecule has 4 nitrogen and oxygen atoms in total. The lowest BCUT2D eigenvalue weighted by Gasteiger charge is -2.28. The van der Waals surface area contributed by atoms with Gasteiger partial charge < -0.3 is 14.8 Å². The van der Waals surface area contributed by atoms with Crippen molar-refractivity contribution in [2.45, 2.75) is 85.9 Å². The van der Waals surface area contributed by atoms with Crippen molar-refractivity contribution in [1.82, 2.24) is 0 Å². The van der Waals surface area contributed by atoms with Crippen LogP contribution in [-0.2, 0) is 9.53 Å². The Bertz CT molecular complexity index is 547. The Labute approximate surface area is 153 Å². The van der Waals surface area contributed by atoms with Crippen molar-refractivity contribution in [3.05, 3.63) is 23.3 Å². The molecule has 0 aliphatic carbocycles. The van der Waals surface area contributed by atoms with Gasteiger partial charge in [-0.15, -0.1) is 0 Å². The molecule has 0 aromatic heterocycles. The van der Waals surface area contributed by atoms with Crippen LogP contribution in [0.3, 0.4) is 0 Å². The van der Waals surface area contributed by atoms with Crippen LogP contribution in [0.2, 0.25) is 0 Å². The average Bonchev–Trinajstić information content (AvgIpc) is 2.56. The van der Waals surface area contributed by atoms with Crippen LogP contribution in [0.25, 0.3) is 0 Å². The van der Waals surface area contributed by atoms with Crippen LogP contribution in [-0.4, -0.2) is 24.2 Å². The van der Waals surface area contributed by atoms with Crippen LogP contribution in [0.5, 0.6) is 5.75 Å². The fraction of sp³-hybridized carbons (Fsp3) is 0.667. The van der Waals surface area contributed by atoms with Crippen molar-refractivity contribution in [3.8, 4) is 5.75 Å². The van der Waals surface area contributed by atoms with E-state index in [1.165, 1.54) is 0 Å².